The number of amides is 1. The lowest BCUT2D eigenvalue weighted by Crippen LogP contribution is -2.44. The number of amidine groups is 2. The molecule has 1 amide bonds. The Morgan fingerprint density at radius 2 is 1.82 bits per heavy atom. The van der Waals surface area contributed by atoms with Gasteiger partial charge in [-0.25, -0.2) is 4.99 Å². The normalized spacial score (nSPS) is 19.9. The van der Waals surface area contributed by atoms with Crippen LogP contribution in [0.4, 0.5) is 5.69 Å². The zero-order valence-electron chi connectivity index (χ0n) is 19.4. The quantitative estimate of drug-likeness (QED) is 0.474. The van der Waals surface area contributed by atoms with Crippen molar-refractivity contribution in [3.8, 4) is 11.5 Å². The number of carbonyl (C=O) groups is 1. The van der Waals surface area contributed by atoms with Crippen LogP contribution in [0.25, 0.3) is 0 Å². The molecule has 0 spiro atoms. The van der Waals surface area contributed by atoms with Gasteiger partial charge in [0.1, 0.15) is 11.9 Å². The van der Waals surface area contributed by atoms with E-state index in [0.717, 1.165) is 28.4 Å². The van der Waals surface area contributed by atoms with Gasteiger partial charge >= 0.3 is 0 Å². The molecule has 6 nitrogen and oxygen atoms in total. The molecule has 0 N–H and O–H groups in total. The summed E-state index contributed by atoms with van der Waals surface area (Å²) in [5.41, 5.74) is 2.63. The second kappa shape index (κ2) is 10.0. The third kappa shape index (κ3) is 4.56. The lowest BCUT2D eigenvalue weighted by molar-refractivity contribution is -0.120. The zero-order valence-corrected chi connectivity index (χ0v) is 21.0. The van der Waals surface area contributed by atoms with E-state index in [-0.39, 0.29) is 11.9 Å². The van der Waals surface area contributed by atoms with Crippen molar-refractivity contribution in [2.24, 2.45) is 15.9 Å². The van der Waals surface area contributed by atoms with Crippen LogP contribution < -0.4 is 9.47 Å². The van der Waals surface area contributed by atoms with Gasteiger partial charge in [0.25, 0.3) is 5.91 Å². The highest BCUT2D eigenvalue weighted by Gasteiger charge is 2.43. The average molecular weight is 498 g/mol. The first-order valence-electron chi connectivity index (χ1n) is 11.7. The van der Waals surface area contributed by atoms with Crippen LogP contribution in [-0.4, -0.2) is 42.1 Å². The summed E-state index contributed by atoms with van der Waals surface area (Å²) in [7, 11) is 3.21. The molecule has 1 atom stereocenters. The molecular formula is C26H28ClN3O3S. The summed E-state index contributed by atoms with van der Waals surface area (Å²) in [4.78, 5) is 24.8. The Kier molecular flexibility index (Phi) is 6.84. The first kappa shape index (κ1) is 23.2. The van der Waals surface area contributed by atoms with E-state index in [1.165, 1.54) is 32.1 Å². The van der Waals surface area contributed by atoms with Gasteiger partial charge in [0.15, 0.2) is 16.7 Å². The topological polar surface area (TPSA) is 63.5 Å². The van der Waals surface area contributed by atoms with Crippen molar-refractivity contribution in [2.75, 3.05) is 14.2 Å². The molecule has 0 aromatic heterocycles. The highest BCUT2D eigenvalue weighted by molar-refractivity contribution is 8.13. The minimum absolute atomic E-state index is 0.0840. The number of fused-ring (bicyclic) bond motifs is 3. The molecular weight excluding hydrogens is 470 g/mol. The Bertz CT molecular complexity index is 1160. The second-order valence-corrected chi connectivity index (χ2v) is 10.3. The molecule has 1 fully saturated rings. The molecule has 2 aliphatic heterocycles. The molecule has 8 heteroatoms. The fourth-order valence-electron chi connectivity index (χ4n) is 5.02. The van der Waals surface area contributed by atoms with Crippen LogP contribution in [-0.2, 0) is 10.5 Å². The molecule has 2 aromatic rings. The van der Waals surface area contributed by atoms with Crippen LogP contribution >= 0.6 is 23.4 Å². The fourth-order valence-corrected chi connectivity index (χ4v) is 6.23. The van der Waals surface area contributed by atoms with Crippen LogP contribution in [0.15, 0.2) is 46.4 Å². The van der Waals surface area contributed by atoms with E-state index in [1.54, 1.807) is 26.0 Å². The van der Waals surface area contributed by atoms with E-state index < -0.39 is 0 Å². The maximum atomic E-state index is 13.2. The number of aliphatic imine (C=N–C) groups is 2. The van der Waals surface area contributed by atoms with E-state index in [0.29, 0.717) is 34.0 Å². The Morgan fingerprint density at radius 3 is 2.56 bits per heavy atom. The number of benzene rings is 2. The number of methoxy groups -OCH3 is 2. The Hall–Kier alpha value is -2.51. The summed E-state index contributed by atoms with van der Waals surface area (Å²) in [6, 6.07) is 11.2. The van der Waals surface area contributed by atoms with Gasteiger partial charge in [0, 0.05) is 22.4 Å². The predicted octanol–water partition coefficient (Wildman–Crippen LogP) is 6.22. The summed E-state index contributed by atoms with van der Waals surface area (Å²) in [5.74, 6) is 3.00. The van der Waals surface area contributed by atoms with Gasteiger partial charge in [0.05, 0.1) is 19.9 Å². The molecule has 1 saturated carbocycles. The lowest BCUT2D eigenvalue weighted by atomic mass is 9.84. The van der Waals surface area contributed by atoms with Crippen molar-refractivity contribution in [1.82, 2.24) is 4.90 Å². The van der Waals surface area contributed by atoms with Gasteiger partial charge in [0.2, 0.25) is 0 Å². The van der Waals surface area contributed by atoms with E-state index >= 15 is 0 Å². The van der Waals surface area contributed by atoms with Crippen LogP contribution in [0.2, 0.25) is 5.02 Å². The number of carbonyl (C=O) groups excluding carboxylic acids is 1. The van der Waals surface area contributed by atoms with Crippen molar-refractivity contribution in [3.63, 3.8) is 0 Å². The monoisotopic (exact) mass is 497 g/mol. The molecule has 0 bridgehead atoms. The standard InChI is InChI=1S/C26H28ClN3O3S/c1-32-22-13-19-20(14-23(22)33-2)28-26(34-15-17-9-6-10-18(27)11-17)30-21(25(31)29-24(19)30)12-16-7-4-3-5-8-16/h6,9-11,13-14,16,21H,3-5,7-8,12,15H2,1-2H3/t21-/m1/s1. The summed E-state index contributed by atoms with van der Waals surface area (Å²) in [5, 5.41) is 1.49. The molecule has 0 radical (unpaired) electrons. The summed E-state index contributed by atoms with van der Waals surface area (Å²) in [6.07, 6.45) is 6.93. The van der Waals surface area contributed by atoms with Crippen molar-refractivity contribution < 1.29 is 14.3 Å². The van der Waals surface area contributed by atoms with Gasteiger partial charge in [-0.2, -0.15) is 4.99 Å². The van der Waals surface area contributed by atoms with E-state index in [2.05, 4.69) is 9.89 Å². The van der Waals surface area contributed by atoms with Crippen LogP contribution in [0, 0.1) is 5.92 Å². The number of thioether (sulfide) groups is 1. The predicted molar refractivity (Wildman–Crippen MR) is 138 cm³/mol. The van der Waals surface area contributed by atoms with Crippen LogP contribution in [0.1, 0.15) is 49.7 Å². The first-order chi connectivity index (χ1) is 16.6. The summed E-state index contributed by atoms with van der Waals surface area (Å²) >= 11 is 7.80. The molecule has 178 valence electrons. The van der Waals surface area contributed by atoms with Gasteiger partial charge in [-0.15, -0.1) is 0 Å². The number of ether oxygens (including phenoxy) is 2. The second-order valence-electron chi connectivity index (χ2n) is 8.94. The van der Waals surface area contributed by atoms with E-state index in [4.69, 9.17) is 26.1 Å². The third-order valence-corrected chi connectivity index (χ3v) is 8.00. The minimum atomic E-state index is -0.315. The molecule has 5 rings (SSSR count). The van der Waals surface area contributed by atoms with Crippen molar-refractivity contribution in [2.45, 2.75) is 50.3 Å². The number of hydrogen-bond donors (Lipinski definition) is 0. The summed E-state index contributed by atoms with van der Waals surface area (Å²) in [6.45, 7) is 0. The molecule has 2 heterocycles. The zero-order chi connectivity index (χ0) is 23.7. The highest BCUT2D eigenvalue weighted by atomic mass is 35.5. The lowest BCUT2D eigenvalue weighted by Gasteiger charge is -2.33. The van der Waals surface area contributed by atoms with Gasteiger partial charge in [-0.1, -0.05) is 67.6 Å². The van der Waals surface area contributed by atoms with Gasteiger partial charge in [-0.05, 0) is 36.1 Å². The largest absolute Gasteiger partial charge is 0.493 e. The molecule has 0 unspecified atom stereocenters. The SMILES string of the molecule is COc1cc2c(cc1OC)C1=NC(=O)[C@@H](CC3CCCCC3)N1C(SCc1cccc(Cl)c1)=N2. The van der Waals surface area contributed by atoms with Crippen LogP contribution in [0.3, 0.4) is 0 Å². The third-order valence-electron chi connectivity index (χ3n) is 6.74. The maximum absolute atomic E-state index is 13.2. The molecule has 2 aromatic carbocycles. The van der Waals surface area contributed by atoms with Gasteiger partial charge < -0.3 is 9.47 Å². The highest BCUT2D eigenvalue weighted by Crippen LogP contribution is 2.42. The summed E-state index contributed by atoms with van der Waals surface area (Å²) < 4.78 is 11.0. The van der Waals surface area contributed by atoms with E-state index in [9.17, 15) is 4.79 Å². The Labute approximate surface area is 209 Å². The van der Waals surface area contributed by atoms with Crippen molar-refractivity contribution in [3.05, 3.63) is 52.5 Å². The molecule has 1 aliphatic carbocycles. The first-order valence-corrected chi connectivity index (χ1v) is 13.1. The Balaban J connectivity index is 1.51. The average Bonchev–Trinajstić information content (AvgIpc) is 3.18. The Morgan fingerprint density at radius 1 is 1.06 bits per heavy atom. The van der Waals surface area contributed by atoms with Crippen molar-refractivity contribution >= 4 is 46.0 Å². The van der Waals surface area contributed by atoms with E-state index in [1.807, 2.05) is 36.4 Å². The number of hydrogen-bond acceptors (Lipinski definition) is 6. The minimum Gasteiger partial charge on any atom is -0.493 e. The van der Waals surface area contributed by atoms with Crippen LogP contribution in [0.5, 0.6) is 11.5 Å². The maximum Gasteiger partial charge on any atom is 0.270 e. The molecule has 34 heavy (non-hydrogen) atoms. The number of rotatable bonds is 6. The smallest absolute Gasteiger partial charge is 0.270 e. The fraction of sp³-hybridized carbons (Fsp3) is 0.423. The number of nitrogens with zero attached hydrogens (tertiary/aromatic N) is 3. The molecule has 0 saturated heterocycles. The molecule has 3 aliphatic rings. The van der Waals surface area contributed by atoms with Crippen molar-refractivity contribution in [1.29, 1.82) is 0 Å². The number of halogens is 1. The van der Waals surface area contributed by atoms with Gasteiger partial charge in [-0.3, -0.25) is 9.69 Å².